The van der Waals surface area contributed by atoms with E-state index in [4.69, 9.17) is 4.74 Å². The van der Waals surface area contributed by atoms with Gasteiger partial charge in [0.1, 0.15) is 3.70 Å². The Kier molecular flexibility index (Phi) is 4.88. The van der Waals surface area contributed by atoms with Gasteiger partial charge in [0, 0.05) is 12.6 Å². The zero-order chi connectivity index (χ0) is 9.84. The number of imidazole rings is 1. The predicted octanol–water partition coefficient (Wildman–Crippen LogP) is 2.46. The average molecular weight is 424 g/mol. The summed E-state index contributed by atoms with van der Waals surface area (Å²) in [5.41, 5.74) is 0. The molecule has 0 spiro atoms. The zero-order valence-electron chi connectivity index (χ0n) is 6.75. The highest BCUT2D eigenvalue weighted by Gasteiger charge is 2.15. The maximum absolute atomic E-state index is 11.3. The van der Waals surface area contributed by atoms with Crippen LogP contribution in [0.5, 0.6) is 0 Å². The lowest BCUT2D eigenvalue weighted by atomic mass is 10.6. The van der Waals surface area contributed by atoms with E-state index in [1.807, 2.05) is 6.20 Å². The van der Waals surface area contributed by atoms with Crippen molar-refractivity contribution in [1.82, 2.24) is 9.32 Å². The summed E-state index contributed by atoms with van der Waals surface area (Å²) in [6.45, 7) is 2.16. The van der Waals surface area contributed by atoms with Gasteiger partial charge in [-0.25, -0.2) is 9.78 Å². The Morgan fingerprint density at radius 2 is 2.54 bits per heavy atom. The van der Waals surface area contributed by atoms with E-state index in [0.29, 0.717) is 18.8 Å². The molecule has 1 heterocycles. The number of hydrogen-bond donors (Lipinski definition) is 0. The molecule has 13 heavy (non-hydrogen) atoms. The fourth-order valence-electron chi connectivity index (χ4n) is 0.756. The van der Waals surface area contributed by atoms with E-state index in [-0.39, 0.29) is 5.97 Å². The number of nitrogens with zero attached hydrogens (tertiary/aromatic N) is 2. The Hall–Kier alpha value is 0.570. The van der Waals surface area contributed by atoms with Gasteiger partial charge in [0.25, 0.3) is 0 Å². The minimum absolute atomic E-state index is 0.352. The first kappa shape index (κ1) is 11.6. The summed E-state index contributed by atoms with van der Waals surface area (Å²) in [4.78, 5) is 15.4. The number of carbonyl (C=O) groups is 1. The second-order valence-corrected chi connectivity index (χ2v) is 5.27. The number of aromatic nitrogens is 2. The molecule has 1 rings (SSSR count). The van der Waals surface area contributed by atoms with Crippen molar-refractivity contribution in [3.05, 3.63) is 15.7 Å². The predicted molar refractivity (Wildman–Crippen MR) is 68.6 cm³/mol. The van der Waals surface area contributed by atoms with E-state index in [9.17, 15) is 4.79 Å². The first-order valence-corrected chi connectivity index (χ1v) is 8.61. The lowest BCUT2D eigenvalue weighted by molar-refractivity contribution is 0.0511. The number of carbonyl (C=O) groups excluding carboxylic acids is 1. The van der Waals surface area contributed by atoms with Gasteiger partial charge in [-0.15, -0.1) is 0 Å². The molecule has 0 fully saturated rings. The van der Waals surface area contributed by atoms with Crippen molar-refractivity contribution in [2.45, 2.75) is 6.92 Å². The normalized spacial score (nSPS) is 11.0. The number of hydrogen-bond acceptors (Lipinski definition) is 3. The lowest BCUT2D eigenvalue weighted by Gasteiger charge is -2.01. The van der Waals surface area contributed by atoms with Gasteiger partial charge in [-0.2, -0.15) is 0 Å². The molecule has 1 unspecified atom stereocenters. The highest BCUT2D eigenvalue weighted by molar-refractivity contribution is 14.2. The van der Waals surface area contributed by atoms with Crippen LogP contribution in [-0.4, -0.2) is 21.9 Å². The first-order chi connectivity index (χ1) is 6.19. The molecule has 0 aliphatic carbocycles. The minimum Gasteiger partial charge on any atom is -0.460 e. The molecule has 0 N–H and O–H groups in total. The van der Waals surface area contributed by atoms with Crippen LogP contribution in [0.3, 0.4) is 0 Å². The minimum atomic E-state index is -0.352. The molecule has 0 bridgehead atoms. The van der Waals surface area contributed by atoms with E-state index >= 15 is 0 Å². The van der Waals surface area contributed by atoms with Crippen molar-refractivity contribution >= 4 is 57.0 Å². The van der Waals surface area contributed by atoms with Crippen molar-refractivity contribution in [2.75, 3.05) is 6.61 Å². The van der Waals surface area contributed by atoms with Crippen molar-refractivity contribution in [1.29, 1.82) is 0 Å². The van der Waals surface area contributed by atoms with Crippen LogP contribution < -0.4 is 0 Å². The van der Waals surface area contributed by atoms with Gasteiger partial charge < -0.3 is 4.74 Å². The van der Waals surface area contributed by atoms with Gasteiger partial charge in [-0.05, 0) is 51.6 Å². The van der Waals surface area contributed by atoms with E-state index in [2.05, 4.69) is 49.6 Å². The van der Waals surface area contributed by atoms with Crippen LogP contribution in [0.4, 0.5) is 0 Å². The average Bonchev–Trinajstić information content (AvgIpc) is 2.47. The zero-order valence-corrected chi connectivity index (χ0v) is 12.1. The molecule has 0 saturated carbocycles. The van der Waals surface area contributed by atoms with E-state index in [1.165, 1.54) is 0 Å². The Balaban J connectivity index is 2.91. The molecule has 0 radical (unpaired) electrons. The summed E-state index contributed by atoms with van der Waals surface area (Å²) in [6.07, 6.45) is 2.30. The SMILES string of the molecule is CCOC(=O)c1nc(I)cn1PI. The first-order valence-electron chi connectivity index (χ1n) is 3.47. The molecule has 1 aromatic heterocycles. The van der Waals surface area contributed by atoms with Crippen LogP contribution in [0, 0.1) is 3.70 Å². The molecule has 0 saturated heterocycles. The standard InChI is InChI=1S/C6H7I2N2O2P/c1-2-12-6(11)5-9-4(7)3-10(5)13-8/h3,13H,2H2,1H3. The van der Waals surface area contributed by atoms with Crippen molar-refractivity contribution < 1.29 is 9.53 Å². The summed E-state index contributed by atoms with van der Waals surface area (Å²) in [7, 11) is 0. The Morgan fingerprint density at radius 1 is 1.85 bits per heavy atom. The second kappa shape index (κ2) is 5.45. The number of rotatable bonds is 3. The maximum atomic E-state index is 11.3. The molecule has 0 amide bonds. The van der Waals surface area contributed by atoms with Crippen molar-refractivity contribution in [3.8, 4) is 0 Å². The number of halogens is 2. The third-order valence-corrected chi connectivity index (χ3v) is 3.83. The van der Waals surface area contributed by atoms with E-state index in [1.54, 1.807) is 11.3 Å². The number of ether oxygens (including phenoxy) is 1. The number of esters is 1. The third kappa shape index (κ3) is 3.02. The van der Waals surface area contributed by atoms with Gasteiger partial charge in [0.15, 0.2) is 0 Å². The third-order valence-electron chi connectivity index (χ3n) is 1.23. The largest absolute Gasteiger partial charge is 0.460 e. The Bertz CT molecular complexity index is 316. The highest BCUT2D eigenvalue weighted by Crippen LogP contribution is 2.26. The Labute approximate surface area is 104 Å². The molecule has 0 aliphatic heterocycles. The quantitative estimate of drug-likeness (QED) is 0.426. The van der Waals surface area contributed by atoms with E-state index < -0.39 is 0 Å². The van der Waals surface area contributed by atoms with Crippen LogP contribution in [0.15, 0.2) is 6.20 Å². The molecule has 1 aromatic rings. The molecule has 0 aromatic carbocycles. The van der Waals surface area contributed by atoms with Crippen LogP contribution >= 0.6 is 51.0 Å². The van der Waals surface area contributed by atoms with Gasteiger partial charge in [0.2, 0.25) is 5.82 Å². The molecule has 72 valence electrons. The summed E-state index contributed by atoms with van der Waals surface area (Å²) in [5.74, 6) is 0.0357. The molecule has 1 atom stereocenters. The highest BCUT2D eigenvalue weighted by atomic mass is 127. The lowest BCUT2D eigenvalue weighted by Crippen LogP contribution is -2.09. The fraction of sp³-hybridized carbons (Fsp3) is 0.333. The summed E-state index contributed by atoms with van der Waals surface area (Å²) >= 11 is 4.27. The van der Waals surface area contributed by atoms with Crippen LogP contribution in [-0.2, 0) is 4.74 Å². The van der Waals surface area contributed by atoms with Crippen LogP contribution in [0.2, 0.25) is 0 Å². The molecule has 0 aliphatic rings. The monoisotopic (exact) mass is 424 g/mol. The summed E-state index contributed by atoms with van der Waals surface area (Å²) in [6, 6.07) is 0. The van der Waals surface area contributed by atoms with Gasteiger partial charge in [-0.3, -0.25) is 4.34 Å². The fourth-order valence-corrected chi connectivity index (χ4v) is 3.02. The smallest absolute Gasteiger partial charge is 0.374 e. The molecule has 4 nitrogen and oxygen atoms in total. The van der Waals surface area contributed by atoms with Gasteiger partial charge >= 0.3 is 5.97 Å². The topological polar surface area (TPSA) is 44.1 Å². The van der Waals surface area contributed by atoms with Crippen molar-refractivity contribution in [2.24, 2.45) is 0 Å². The van der Waals surface area contributed by atoms with E-state index in [0.717, 1.165) is 3.70 Å². The summed E-state index contributed by atoms with van der Waals surface area (Å²) < 4.78 is 7.46. The molecule has 7 heteroatoms. The molecular weight excluding hydrogens is 417 g/mol. The Morgan fingerprint density at radius 3 is 3.08 bits per heavy atom. The molecular formula is C6H7I2N2O2P. The maximum Gasteiger partial charge on any atom is 0.374 e. The van der Waals surface area contributed by atoms with Crippen LogP contribution in [0.1, 0.15) is 17.5 Å². The van der Waals surface area contributed by atoms with Crippen molar-refractivity contribution in [3.63, 3.8) is 0 Å². The van der Waals surface area contributed by atoms with Gasteiger partial charge in [-0.1, -0.05) is 0 Å². The summed E-state index contributed by atoms with van der Waals surface area (Å²) in [5, 5.41) is 0. The second-order valence-electron chi connectivity index (χ2n) is 2.06. The van der Waals surface area contributed by atoms with Crippen LogP contribution in [0.25, 0.3) is 0 Å². The van der Waals surface area contributed by atoms with Gasteiger partial charge in [0.05, 0.1) is 6.61 Å².